The molecule has 0 aromatic carbocycles. The Kier molecular flexibility index (Phi) is 1.94. The van der Waals surface area contributed by atoms with Crippen molar-refractivity contribution in [2.45, 2.75) is 0 Å². The summed E-state index contributed by atoms with van der Waals surface area (Å²) in [7, 11) is 1.82. The van der Waals surface area contributed by atoms with Crippen molar-refractivity contribution in [2.24, 2.45) is 7.05 Å². The number of hydrogen-bond donors (Lipinski definition) is 2. The lowest BCUT2D eigenvalue weighted by atomic mass is 10.3. The zero-order valence-corrected chi connectivity index (χ0v) is 8.95. The number of nitrogen functional groups attached to an aromatic ring is 1. The minimum absolute atomic E-state index is 0.341. The Morgan fingerprint density at radius 3 is 3.00 bits per heavy atom. The molecule has 0 atom stereocenters. The average molecular weight is 231 g/mol. The average Bonchev–Trinajstić information content (AvgIpc) is 2.96. The van der Waals surface area contributed by atoms with E-state index in [4.69, 9.17) is 10.3 Å². The van der Waals surface area contributed by atoms with Crippen LogP contribution in [0.4, 0.5) is 5.82 Å². The van der Waals surface area contributed by atoms with Crippen LogP contribution in [-0.4, -0.2) is 30.1 Å². The van der Waals surface area contributed by atoms with E-state index in [0.29, 0.717) is 23.2 Å². The Morgan fingerprint density at radius 1 is 1.47 bits per heavy atom. The van der Waals surface area contributed by atoms with Gasteiger partial charge in [-0.05, 0) is 0 Å². The summed E-state index contributed by atoms with van der Waals surface area (Å²) < 4.78 is 6.77. The highest BCUT2D eigenvalue weighted by molar-refractivity contribution is 5.57. The molecule has 0 amide bonds. The summed E-state index contributed by atoms with van der Waals surface area (Å²) in [6.07, 6.45) is 3.46. The van der Waals surface area contributed by atoms with Gasteiger partial charge < -0.3 is 10.3 Å². The maximum absolute atomic E-state index is 5.49. The summed E-state index contributed by atoms with van der Waals surface area (Å²) in [5.74, 6) is 1.19. The zero-order valence-electron chi connectivity index (χ0n) is 8.95. The molecule has 0 spiro atoms. The second-order valence-electron chi connectivity index (χ2n) is 3.53. The van der Waals surface area contributed by atoms with Crippen molar-refractivity contribution >= 4 is 5.82 Å². The Bertz CT molecular complexity index is 595. The van der Waals surface area contributed by atoms with Crippen molar-refractivity contribution in [3.05, 3.63) is 18.5 Å². The largest absolute Gasteiger partial charge is 0.382 e. The van der Waals surface area contributed by atoms with E-state index in [0.717, 1.165) is 5.56 Å². The molecule has 3 rings (SSSR count). The first-order valence-electron chi connectivity index (χ1n) is 4.86. The number of aromatic amines is 1. The molecule has 0 saturated carbocycles. The molecule has 3 aromatic heterocycles. The number of nitrogens with zero attached hydrogens (tertiary/aromatic N) is 5. The van der Waals surface area contributed by atoms with Crippen molar-refractivity contribution in [2.75, 3.05) is 5.73 Å². The van der Waals surface area contributed by atoms with Gasteiger partial charge >= 0.3 is 0 Å². The number of H-pyrrole nitrogens is 1. The number of rotatable bonds is 2. The first-order chi connectivity index (χ1) is 8.22. The van der Waals surface area contributed by atoms with Crippen LogP contribution in [0.5, 0.6) is 0 Å². The molecule has 0 fully saturated rings. The highest BCUT2D eigenvalue weighted by atomic mass is 16.5. The highest BCUT2D eigenvalue weighted by Crippen LogP contribution is 2.20. The number of nitrogens with one attached hydrogen (secondary N) is 1. The molecule has 3 N–H and O–H groups in total. The summed E-state index contributed by atoms with van der Waals surface area (Å²) in [4.78, 5) is 4.22. The van der Waals surface area contributed by atoms with E-state index in [2.05, 4.69) is 25.4 Å². The van der Waals surface area contributed by atoms with Crippen LogP contribution in [0.1, 0.15) is 0 Å². The molecule has 8 nitrogen and oxygen atoms in total. The lowest BCUT2D eigenvalue weighted by molar-refractivity contribution is 0.431. The molecular weight excluding hydrogens is 222 g/mol. The molecule has 8 heteroatoms. The standard InChI is InChI=1S/C9H9N7O/c1-16-4-5(3-11-16)8-12-9(17-15-8)6-2-7(10)14-13-6/h2-4H,1H3,(H3,10,13,14). The minimum Gasteiger partial charge on any atom is -0.382 e. The van der Waals surface area contributed by atoms with E-state index in [1.54, 1.807) is 23.1 Å². The van der Waals surface area contributed by atoms with E-state index in [-0.39, 0.29) is 0 Å². The van der Waals surface area contributed by atoms with Crippen LogP contribution in [0, 0.1) is 0 Å². The lowest BCUT2D eigenvalue weighted by Crippen LogP contribution is -1.84. The highest BCUT2D eigenvalue weighted by Gasteiger charge is 2.13. The molecule has 0 bridgehead atoms. The maximum Gasteiger partial charge on any atom is 0.276 e. The fourth-order valence-corrected chi connectivity index (χ4v) is 1.43. The second-order valence-corrected chi connectivity index (χ2v) is 3.53. The van der Waals surface area contributed by atoms with Gasteiger partial charge in [0.15, 0.2) is 0 Å². The van der Waals surface area contributed by atoms with Crippen molar-refractivity contribution in [3.8, 4) is 23.0 Å². The van der Waals surface area contributed by atoms with Crippen molar-refractivity contribution < 1.29 is 4.52 Å². The van der Waals surface area contributed by atoms with Crippen LogP contribution in [0.2, 0.25) is 0 Å². The molecule has 3 heterocycles. The Labute approximate surface area is 95.4 Å². The van der Waals surface area contributed by atoms with Gasteiger partial charge in [0.05, 0.1) is 11.8 Å². The van der Waals surface area contributed by atoms with E-state index >= 15 is 0 Å². The Balaban J connectivity index is 1.98. The number of anilines is 1. The number of hydrogen-bond acceptors (Lipinski definition) is 6. The predicted molar refractivity (Wildman–Crippen MR) is 58.5 cm³/mol. The van der Waals surface area contributed by atoms with Crippen LogP contribution in [-0.2, 0) is 7.05 Å². The summed E-state index contributed by atoms with van der Waals surface area (Å²) in [6, 6.07) is 1.63. The second kappa shape index (κ2) is 3.44. The Morgan fingerprint density at radius 2 is 2.35 bits per heavy atom. The van der Waals surface area contributed by atoms with Crippen molar-refractivity contribution in [3.63, 3.8) is 0 Å². The van der Waals surface area contributed by atoms with Crippen LogP contribution in [0.25, 0.3) is 23.0 Å². The van der Waals surface area contributed by atoms with Gasteiger partial charge in [0, 0.05) is 19.3 Å². The zero-order chi connectivity index (χ0) is 11.8. The fraction of sp³-hybridized carbons (Fsp3) is 0.111. The maximum atomic E-state index is 5.49. The number of aryl methyl sites for hydroxylation is 1. The molecule has 0 unspecified atom stereocenters. The van der Waals surface area contributed by atoms with Crippen LogP contribution in [0.15, 0.2) is 23.0 Å². The van der Waals surface area contributed by atoms with Crippen LogP contribution >= 0.6 is 0 Å². The van der Waals surface area contributed by atoms with Gasteiger partial charge in [0.25, 0.3) is 5.89 Å². The normalized spacial score (nSPS) is 10.9. The number of aromatic nitrogens is 6. The van der Waals surface area contributed by atoms with Gasteiger partial charge in [-0.3, -0.25) is 9.78 Å². The third-order valence-corrected chi connectivity index (χ3v) is 2.22. The van der Waals surface area contributed by atoms with Crippen LogP contribution < -0.4 is 5.73 Å². The first kappa shape index (κ1) is 9.58. The molecule has 0 aliphatic carbocycles. The van der Waals surface area contributed by atoms with Crippen molar-refractivity contribution in [1.29, 1.82) is 0 Å². The third kappa shape index (κ3) is 1.65. The molecule has 0 aliphatic rings. The Hall–Kier alpha value is -2.64. The quantitative estimate of drug-likeness (QED) is 0.662. The van der Waals surface area contributed by atoms with Gasteiger partial charge in [-0.15, -0.1) is 0 Å². The summed E-state index contributed by atoms with van der Waals surface area (Å²) in [5.41, 5.74) is 6.87. The van der Waals surface area contributed by atoms with Gasteiger partial charge in [0.2, 0.25) is 5.82 Å². The minimum atomic E-state index is 0.341. The molecular formula is C9H9N7O. The van der Waals surface area contributed by atoms with Gasteiger partial charge in [-0.2, -0.15) is 15.2 Å². The van der Waals surface area contributed by atoms with Crippen LogP contribution in [0.3, 0.4) is 0 Å². The third-order valence-electron chi connectivity index (χ3n) is 2.22. The van der Waals surface area contributed by atoms with E-state index in [1.165, 1.54) is 0 Å². The van der Waals surface area contributed by atoms with Gasteiger partial charge in [0.1, 0.15) is 11.5 Å². The monoisotopic (exact) mass is 231 g/mol. The molecule has 3 aromatic rings. The SMILES string of the molecule is Cn1cc(-c2noc(-c3cc(N)n[nH]3)n2)cn1. The number of nitrogens with two attached hydrogens (primary N) is 1. The van der Waals surface area contributed by atoms with Crippen molar-refractivity contribution in [1.82, 2.24) is 30.1 Å². The summed E-state index contributed by atoms with van der Waals surface area (Å²) >= 11 is 0. The fourth-order valence-electron chi connectivity index (χ4n) is 1.43. The lowest BCUT2D eigenvalue weighted by Gasteiger charge is -1.84. The smallest absolute Gasteiger partial charge is 0.276 e. The molecule has 0 radical (unpaired) electrons. The topological polar surface area (TPSA) is 111 Å². The molecule has 17 heavy (non-hydrogen) atoms. The molecule has 0 aliphatic heterocycles. The molecule has 86 valence electrons. The predicted octanol–water partition coefficient (Wildman–Crippen LogP) is 0.442. The van der Waals surface area contributed by atoms with E-state index < -0.39 is 0 Å². The van der Waals surface area contributed by atoms with Gasteiger partial charge in [-0.1, -0.05) is 5.16 Å². The van der Waals surface area contributed by atoms with E-state index in [9.17, 15) is 0 Å². The summed E-state index contributed by atoms with van der Waals surface area (Å²) in [6.45, 7) is 0. The van der Waals surface area contributed by atoms with E-state index in [1.807, 2.05) is 7.05 Å². The summed E-state index contributed by atoms with van der Waals surface area (Å²) in [5, 5.41) is 14.4. The van der Waals surface area contributed by atoms with Gasteiger partial charge in [-0.25, -0.2) is 0 Å². The first-order valence-corrected chi connectivity index (χ1v) is 4.86. The molecule has 0 saturated heterocycles.